The number of rotatable bonds is 6. The molecule has 0 radical (unpaired) electrons. The first-order valence-electron chi connectivity index (χ1n) is 6.89. The molecule has 0 aliphatic heterocycles. The van der Waals surface area contributed by atoms with Gasteiger partial charge in [-0.2, -0.15) is 0 Å². The second-order valence-corrected chi connectivity index (χ2v) is 5.04. The number of Topliss-reactive ketones (excluding diaryl/α,β-unsaturated/α-hetero) is 1. The standard InChI is InChI=1S/C15H20N4O/c1-3-8-19-14(10-17-18-19)15(20)9-11(2)12-4-6-13(16)7-5-12/h4-7,10-11H,3,8-9,16H2,1-2H3. The number of carbonyl (C=O) groups excluding carboxylic acids is 1. The van der Waals surface area contributed by atoms with Gasteiger partial charge in [-0.15, -0.1) is 5.10 Å². The fourth-order valence-electron chi connectivity index (χ4n) is 2.18. The van der Waals surface area contributed by atoms with Gasteiger partial charge in [0.2, 0.25) is 0 Å². The molecule has 0 amide bonds. The van der Waals surface area contributed by atoms with Gasteiger partial charge in [0.1, 0.15) is 5.69 Å². The summed E-state index contributed by atoms with van der Waals surface area (Å²) in [6, 6.07) is 7.65. The van der Waals surface area contributed by atoms with Gasteiger partial charge in [0.05, 0.1) is 6.20 Å². The number of ketones is 1. The van der Waals surface area contributed by atoms with Gasteiger partial charge in [0.15, 0.2) is 5.78 Å². The third-order valence-electron chi connectivity index (χ3n) is 3.34. The van der Waals surface area contributed by atoms with E-state index in [1.165, 1.54) is 0 Å². The van der Waals surface area contributed by atoms with Crippen LogP contribution in [0.2, 0.25) is 0 Å². The van der Waals surface area contributed by atoms with Crippen molar-refractivity contribution in [1.82, 2.24) is 15.0 Å². The molecule has 5 nitrogen and oxygen atoms in total. The zero-order valence-electron chi connectivity index (χ0n) is 11.9. The van der Waals surface area contributed by atoms with Crippen LogP contribution in [0.3, 0.4) is 0 Å². The summed E-state index contributed by atoms with van der Waals surface area (Å²) in [4.78, 5) is 12.3. The van der Waals surface area contributed by atoms with Gasteiger partial charge in [-0.05, 0) is 30.0 Å². The molecule has 0 aliphatic rings. The SMILES string of the molecule is CCCn1nncc1C(=O)CC(C)c1ccc(N)cc1. The average molecular weight is 272 g/mol. The Morgan fingerprint density at radius 2 is 2.05 bits per heavy atom. The highest BCUT2D eigenvalue weighted by Crippen LogP contribution is 2.22. The highest BCUT2D eigenvalue weighted by atomic mass is 16.1. The quantitative estimate of drug-likeness (QED) is 0.648. The van der Waals surface area contributed by atoms with Gasteiger partial charge < -0.3 is 5.73 Å². The first kappa shape index (κ1) is 14.2. The molecule has 0 aliphatic carbocycles. The molecule has 0 fully saturated rings. The van der Waals surface area contributed by atoms with Crippen LogP contribution in [0.4, 0.5) is 5.69 Å². The molecule has 20 heavy (non-hydrogen) atoms. The number of benzene rings is 1. The number of aryl methyl sites for hydroxylation is 1. The van der Waals surface area contributed by atoms with Crippen molar-refractivity contribution < 1.29 is 4.79 Å². The van der Waals surface area contributed by atoms with E-state index in [2.05, 4.69) is 10.3 Å². The minimum absolute atomic E-state index is 0.0766. The average Bonchev–Trinajstić information content (AvgIpc) is 2.88. The monoisotopic (exact) mass is 272 g/mol. The minimum atomic E-state index is 0.0766. The molecule has 1 aromatic heterocycles. The molecule has 2 rings (SSSR count). The highest BCUT2D eigenvalue weighted by Gasteiger charge is 2.17. The molecule has 2 aromatic rings. The van der Waals surface area contributed by atoms with Crippen LogP contribution in [0.25, 0.3) is 0 Å². The van der Waals surface area contributed by atoms with Crippen molar-refractivity contribution in [3.8, 4) is 0 Å². The maximum atomic E-state index is 12.3. The van der Waals surface area contributed by atoms with Crippen LogP contribution in [0.1, 0.15) is 48.7 Å². The van der Waals surface area contributed by atoms with Crippen molar-refractivity contribution in [3.63, 3.8) is 0 Å². The topological polar surface area (TPSA) is 73.8 Å². The number of aromatic nitrogens is 3. The van der Waals surface area contributed by atoms with Crippen molar-refractivity contribution in [3.05, 3.63) is 41.7 Å². The van der Waals surface area contributed by atoms with E-state index in [1.54, 1.807) is 10.9 Å². The summed E-state index contributed by atoms with van der Waals surface area (Å²) < 4.78 is 1.68. The van der Waals surface area contributed by atoms with Crippen LogP contribution >= 0.6 is 0 Å². The van der Waals surface area contributed by atoms with E-state index in [0.29, 0.717) is 12.1 Å². The Morgan fingerprint density at radius 3 is 2.70 bits per heavy atom. The van der Waals surface area contributed by atoms with Crippen LogP contribution in [0.15, 0.2) is 30.5 Å². The van der Waals surface area contributed by atoms with E-state index in [-0.39, 0.29) is 11.7 Å². The van der Waals surface area contributed by atoms with E-state index < -0.39 is 0 Å². The fourth-order valence-corrected chi connectivity index (χ4v) is 2.18. The Kier molecular flexibility index (Phi) is 4.50. The van der Waals surface area contributed by atoms with E-state index in [0.717, 1.165) is 24.2 Å². The van der Waals surface area contributed by atoms with Gasteiger partial charge in [0, 0.05) is 18.7 Å². The van der Waals surface area contributed by atoms with Crippen molar-refractivity contribution >= 4 is 11.5 Å². The summed E-state index contributed by atoms with van der Waals surface area (Å²) in [6.45, 7) is 4.81. The maximum Gasteiger partial charge on any atom is 0.183 e. The number of carbonyl (C=O) groups is 1. The molecule has 5 heteroatoms. The Bertz CT molecular complexity index is 574. The number of hydrogen-bond acceptors (Lipinski definition) is 4. The van der Waals surface area contributed by atoms with Gasteiger partial charge in [0.25, 0.3) is 0 Å². The van der Waals surface area contributed by atoms with Gasteiger partial charge in [-0.3, -0.25) is 4.79 Å². The zero-order valence-corrected chi connectivity index (χ0v) is 11.9. The molecule has 0 spiro atoms. The van der Waals surface area contributed by atoms with E-state index >= 15 is 0 Å². The first-order valence-corrected chi connectivity index (χ1v) is 6.89. The summed E-state index contributed by atoms with van der Waals surface area (Å²) >= 11 is 0. The lowest BCUT2D eigenvalue weighted by atomic mass is 9.94. The number of nitrogens with two attached hydrogens (primary N) is 1. The lowest BCUT2D eigenvalue weighted by Crippen LogP contribution is -2.12. The summed E-state index contributed by atoms with van der Waals surface area (Å²) in [5, 5.41) is 7.78. The fraction of sp³-hybridized carbons (Fsp3) is 0.400. The largest absolute Gasteiger partial charge is 0.399 e. The number of anilines is 1. The smallest absolute Gasteiger partial charge is 0.183 e. The zero-order chi connectivity index (χ0) is 14.5. The Balaban J connectivity index is 2.07. The molecule has 2 N–H and O–H groups in total. The molecule has 106 valence electrons. The van der Waals surface area contributed by atoms with Crippen LogP contribution < -0.4 is 5.73 Å². The molecule has 1 atom stereocenters. The summed E-state index contributed by atoms with van der Waals surface area (Å²) in [5.74, 6) is 0.223. The minimum Gasteiger partial charge on any atom is -0.399 e. The van der Waals surface area contributed by atoms with Crippen LogP contribution in [0, 0.1) is 0 Å². The normalized spacial score (nSPS) is 12.3. The highest BCUT2D eigenvalue weighted by molar-refractivity contribution is 5.94. The maximum absolute atomic E-state index is 12.3. The van der Waals surface area contributed by atoms with Crippen LogP contribution in [-0.2, 0) is 6.54 Å². The van der Waals surface area contributed by atoms with Crippen LogP contribution in [-0.4, -0.2) is 20.8 Å². The number of nitrogens with zero attached hydrogens (tertiary/aromatic N) is 3. The predicted molar refractivity (Wildman–Crippen MR) is 78.5 cm³/mol. The summed E-state index contributed by atoms with van der Waals surface area (Å²) in [5.41, 5.74) is 8.11. The molecule has 0 bridgehead atoms. The third-order valence-corrected chi connectivity index (χ3v) is 3.34. The summed E-state index contributed by atoms with van der Waals surface area (Å²) in [6.07, 6.45) is 2.92. The molecule has 1 heterocycles. The molecular formula is C15H20N4O. The number of nitrogen functional groups attached to an aromatic ring is 1. The van der Waals surface area contributed by atoms with Crippen molar-refractivity contribution in [2.45, 2.75) is 39.2 Å². The second kappa shape index (κ2) is 6.32. The lowest BCUT2D eigenvalue weighted by Gasteiger charge is -2.11. The van der Waals surface area contributed by atoms with Gasteiger partial charge >= 0.3 is 0 Å². The van der Waals surface area contributed by atoms with E-state index in [9.17, 15) is 4.79 Å². The van der Waals surface area contributed by atoms with Gasteiger partial charge in [-0.1, -0.05) is 31.2 Å². The van der Waals surface area contributed by atoms with Crippen molar-refractivity contribution in [2.75, 3.05) is 5.73 Å². The molecule has 0 saturated carbocycles. The van der Waals surface area contributed by atoms with Crippen molar-refractivity contribution in [1.29, 1.82) is 0 Å². The van der Waals surface area contributed by atoms with E-state index in [4.69, 9.17) is 5.73 Å². The molecule has 1 unspecified atom stereocenters. The van der Waals surface area contributed by atoms with E-state index in [1.807, 2.05) is 38.1 Å². The lowest BCUT2D eigenvalue weighted by molar-refractivity contribution is 0.0965. The molecular weight excluding hydrogens is 252 g/mol. The van der Waals surface area contributed by atoms with Gasteiger partial charge in [-0.25, -0.2) is 4.68 Å². The Labute approximate surface area is 118 Å². The first-order chi connectivity index (χ1) is 9.61. The molecule has 1 aromatic carbocycles. The predicted octanol–water partition coefficient (Wildman–Crippen LogP) is 2.65. The van der Waals surface area contributed by atoms with Crippen LogP contribution in [0.5, 0.6) is 0 Å². The summed E-state index contributed by atoms with van der Waals surface area (Å²) in [7, 11) is 0. The second-order valence-electron chi connectivity index (χ2n) is 5.04. The molecule has 0 saturated heterocycles. The Morgan fingerprint density at radius 1 is 1.35 bits per heavy atom. The van der Waals surface area contributed by atoms with Crippen molar-refractivity contribution in [2.24, 2.45) is 0 Å². The number of hydrogen-bond donors (Lipinski definition) is 1. The third kappa shape index (κ3) is 3.23. The Hall–Kier alpha value is -2.17.